The highest BCUT2D eigenvalue weighted by atomic mass is 32.1. The number of nitrogens with zero attached hydrogens (tertiary/aromatic N) is 2. The van der Waals surface area contributed by atoms with E-state index in [-0.39, 0.29) is 17.1 Å². The molecule has 2 N–H and O–H groups in total. The summed E-state index contributed by atoms with van der Waals surface area (Å²) in [6.45, 7) is 1.46. The molecule has 7 nitrogen and oxygen atoms in total. The molecule has 1 heterocycles. The van der Waals surface area contributed by atoms with E-state index >= 15 is 0 Å². The van der Waals surface area contributed by atoms with Crippen molar-refractivity contribution in [3.05, 3.63) is 50.5 Å². The van der Waals surface area contributed by atoms with Gasteiger partial charge < -0.3 is 10.4 Å². The smallest absolute Gasteiger partial charge is 0.374 e. The van der Waals surface area contributed by atoms with Gasteiger partial charge in [0.05, 0.1) is 11.3 Å². The van der Waals surface area contributed by atoms with E-state index in [1.54, 1.807) is 0 Å². The zero-order valence-electron chi connectivity index (χ0n) is 12.7. The van der Waals surface area contributed by atoms with Crippen LogP contribution in [-0.4, -0.2) is 27.1 Å². The lowest BCUT2D eigenvalue weighted by Gasteiger charge is -2.27. The Hall–Kier alpha value is -2.53. The normalized spacial score (nSPS) is 14.0. The van der Waals surface area contributed by atoms with Crippen LogP contribution in [0.25, 0.3) is 0 Å². The number of aromatic nitrogens is 1. The highest BCUT2D eigenvalue weighted by molar-refractivity contribution is 7.09. The summed E-state index contributed by atoms with van der Waals surface area (Å²) in [5, 5.41) is 23.6. The molecule has 0 aliphatic heterocycles. The van der Waals surface area contributed by atoms with Gasteiger partial charge in [0.25, 0.3) is 5.69 Å². The van der Waals surface area contributed by atoms with E-state index in [0.717, 1.165) is 6.07 Å². The van der Waals surface area contributed by atoms with Crippen LogP contribution in [0, 0.1) is 17.0 Å². The monoisotopic (exact) mass is 375 g/mol. The number of nitro groups is 1. The summed E-state index contributed by atoms with van der Waals surface area (Å²) in [6.07, 6.45) is -6.45. The Morgan fingerprint density at radius 1 is 1.44 bits per heavy atom. The SMILES string of the molecule is Cc1csc([C@@](O)(CC(=O)Nc2cccc([N+](=O)[O-])c2)C(F)(F)F)n1. The third kappa shape index (κ3) is 4.12. The number of rotatable bonds is 5. The first-order valence-corrected chi connectivity index (χ1v) is 7.67. The van der Waals surface area contributed by atoms with Crippen LogP contribution in [0.5, 0.6) is 0 Å². The number of aliphatic hydroxyl groups is 1. The third-order valence-electron chi connectivity index (χ3n) is 3.20. The van der Waals surface area contributed by atoms with Crippen molar-refractivity contribution in [1.29, 1.82) is 0 Å². The number of halogens is 3. The highest BCUT2D eigenvalue weighted by Gasteiger charge is 2.58. The van der Waals surface area contributed by atoms with Gasteiger partial charge in [-0.05, 0) is 13.0 Å². The van der Waals surface area contributed by atoms with Crippen LogP contribution in [0.4, 0.5) is 24.5 Å². The van der Waals surface area contributed by atoms with Crippen molar-refractivity contribution in [3.63, 3.8) is 0 Å². The van der Waals surface area contributed by atoms with Gasteiger partial charge >= 0.3 is 6.18 Å². The molecule has 1 aromatic heterocycles. The Balaban J connectivity index is 2.23. The minimum atomic E-state index is -5.13. The van der Waals surface area contributed by atoms with Crippen molar-refractivity contribution in [1.82, 2.24) is 4.98 Å². The van der Waals surface area contributed by atoms with E-state index in [2.05, 4.69) is 10.3 Å². The lowest BCUT2D eigenvalue weighted by Crippen LogP contribution is -2.45. The summed E-state index contributed by atoms with van der Waals surface area (Å²) in [7, 11) is 0. The summed E-state index contributed by atoms with van der Waals surface area (Å²) in [6, 6.07) is 4.72. The van der Waals surface area contributed by atoms with E-state index in [1.807, 2.05) is 0 Å². The molecule has 0 aliphatic carbocycles. The van der Waals surface area contributed by atoms with Gasteiger partial charge in [0.1, 0.15) is 5.01 Å². The Bertz CT molecular complexity index is 809. The predicted octanol–water partition coefficient (Wildman–Crippen LogP) is 3.14. The molecule has 1 atom stereocenters. The number of non-ortho nitro benzene ring substituents is 1. The number of hydrogen-bond acceptors (Lipinski definition) is 6. The summed E-state index contributed by atoms with van der Waals surface area (Å²) in [5.74, 6) is -1.16. The van der Waals surface area contributed by atoms with Crippen molar-refractivity contribution in [2.45, 2.75) is 25.1 Å². The van der Waals surface area contributed by atoms with Gasteiger partial charge in [-0.25, -0.2) is 4.98 Å². The molecule has 0 saturated heterocycles. The van der Waals surface area contributed by atoms with Gasteiger partial charge in [0, 0.05) is 28.9 Å². The first-order valence-electron chi connectivity index (χ1n) is 6.79. The molecule has 1 aromatic carbocycles. The second-order valence-electron chi connectivity index (χ2n) is 5.18. The molecule has 25 heavy (non-hydrogen) atoms. The number of carbonyl (C=O) groups excluding carboxylic acids is 1. The number of nitrogens with one attached hydrogen (secondary N) is 1. The lowest BCUT2D eigenvalue weighted by molar-refractivity contribution is -0.384. The summed E-state index contributed by atoms with van der Waals surface area (Å²) < 4.78 is 39.9. The minimum Gasteiger partial charge on any atom is -0.374 e. The minimum absolute atomic E-state index is 0.0564. The number of alkyl halides is 3. The maximum Gasteiger partial charge on any atom is 0.424 e. The van der Waals surface area contributed by atoms with Crippen LogP contribution < -0.4 is 5.32 Å². The predicted molar refractivity (Wildman–Crippen MR) is 83.1 cm³/mol. The first kappa shape index (κ1) is 18.8. The van der Waals surface area contributed by atoms with Crippen molar-refractivity contribution in [2.75, 3.05) is 5.32 Å². The van der Waals surface area contributed by atoms with Gasteiger partial charge in [-0.3, -0.25) is 14.9 Å². The Morgan fingerprint density at radius 2 is 2.12 bits per heavy atom. The molecule has 2 rings (SSSR count). The van der Waals surface area contributed by atoms with Gasteiger partial charge in [-0.15, -0.1) is 11.3 Å². The molecule has 0 bridgehead atoms. The maximum absolute atomic E-state index is 13.3. The molecule has 1 amide bonds. The van der Waals surface area contributed by atoms with E-state index in [9.17, 15) is 33.2 Å². The second-order valence-corrected chi connectivity index (χ2v) is 6.04. The fourth-order valence-corrected chi connectivity index (χ4v) is 2.89. The van der Waals surface area contributed by atoms with Crippen molar-refractivity contribution >= 4 is 28.6 Å². The maximum atomic E-state index is 13.3. The summed E-state index contributed by atoms with van der Waals surface area (Å²) in [5.41, 5.74) is -3.56. The molecular formula is C14H12F3N3O4S. The fraction of sp³-hybridized carbons (Fsp3) is 0.286. The van der Waals surface area contributed by atoms with Crippen LogP contribution in [0.1, 0.15) is 17.1 Å². The number of hydrogen-bond donors (Lipinski definition) is 2. The van der Waals surface area contributed by atoms with E-state index < -0.39 is 34.0 Å². The molecule has 134 valence electrons. The highest BCUT2D eigenvalue weighted by Crippen LogP contribution is 2.43. The average molecular weight is 375 g/mol. The quantitative estimate of drug-likeness (QED) is 0.617. The number of anilines is 1. The molecule has 11 heteroatoms. The molecule has 0 unspecified atom stereocenters. The van der Waals surface area contributed by atoms with Crippen LogP contribution in [-0.2, 0) is 10.4 Å². The summed E-state index contributed by atoms with van der Waals surface area (Å²) in [4.78, 5) is 25.6. The largest absolute Gasteiger partial charge is 0.424 e. The fourth-order valence-electron chi connectivity index (χ4n) is 1.98. The van der Waals surface area contributed by atoms with Crippen molar-refractivity contribution in [2.24, 2.45) is 0 Å². The summed E-state index contributed by atoms with van der Waals surface area (Å²) >= 11 is 0.588. The lowest BCUT2D eigenvalue weighted by atomic mass is 9.99. The van der Waals surface area contributed by atoms with Gasteiger partial charge in [-0.1, -0.05) is 6.07 Å². The van der Waals surface area contributed by atoms with Gasteiger partial charge in [0.2, 0.25) is 11.5 Å². The Kier molecular flexibility index (Phi) is 5.09. The van der Waals surface area contributed by atoms with Crippen LogP contribution in [0.3, 0.4) is 0 Å². The molecule has 0 saturated carbocycles. The second kappa shape index (κ2) is 6.76. The van der Waals surface area contributed by atoms with Crippen LogP contribution in [0.15, 0.2) is 29.6 Å². The van der Waals surface area contributed by atoms with E-state index in [4.69, 9.17) is 0 Å². The molecule has 0 aliphatic rings. The van der Waals surface area contributed by atoms with Crippen LogP contribution >= 0.6 is 11.3 Å². The zero-order valence-corrected chi connectivity index (χ0v) is 13.5. The van der Waals surface area contributed by atoms with E-state index in [0.29, 0.717) is 11.3 Å². The van der Waals surface area contributed by atoms with Crippen LogP contribution in [0.2, 0.25) is 0 Å². The van der Waals surface area contributed by atoms with Crippen molar-refractivity contribution in [3.8, 4) is 0 Å². The third-order valence-corrected chi connectivity index (χ3v) is 4.31. The first-order chi connectivity index (χ1) is 11.5. The van der Waals surface area contributed by atoms with Crippen molar-refractivity contribution < 1.29 is 28.0 Å². The number of amides is 1. The topological polar surface area (TPSA) is 105 Å². The molecular weight excluding hydrogens is 363 g/mol. The number of thiazole rings is 1. The molecule has 0 radical (unpaired) electrons. The zero-order chi connectivity index (χ0) is 18.8. The standard InChI is InChI=1S/C14H12F3N3O4S/c1-8-7-25-12(18-8)13(22,14(15,16)17)6-11(21)19-9-3-2-4-10(5-9)20(23)24/h2-5,7,22H,6H2,1H3,(H,19,21)/t13-/m0/s1. The number of aryl methyl sites for hydroxylation is 1. The number of benzene rings is 1. The molecule has 0 fully saturated rings. The number of nitro benzene ring substituents is 1. The Morgan fingerprint density at radius 3 is 2.64 bits per heavy atom. The van der Waals surface area contributed by atoms with Gasteiger partial charge in [-0.2, -0.15) is 13.2 Å². The Labute approximate surface area is 143 Å². The molecule has 0 spiro atoms. The van der Waals surface area contributed by atoms with E-state index in [1.165, 1.54) is 30.5 Å². The van der Waals surface area contributed by atoms with Gasteiger partial charge in [0.15, 0.2) is 0 Å². The molecule has 2 aromatic rings. The average Bonchev–Trinajstić information content (AvgIpc) is 2.93. The number of carbonyl (C=O) groups is 1.